The van der Waals surface area contributed by atoms with E-state index in [2.05, 4.69) is 119 Å². The van der Waals surface area contributed by atoms with Gasteiger partial charge in [-0.1, -0.05) is 93.6 Å². The van der Waals surface area contributed by atoms with E-state index in [1.165, 1.54) is 28.8 Å². The van der Waals surface area contributed by atoms with Crippen LogP contribution in [0.3, 0.4) is 0 Å². The number of nitrogens with zero attached hydrogens (tertiary/aromatic N) is 1. The van der Waals surface area contributed by atoms with E-state index in [-0.39, 0.29) is 0 Å². The summed E-state index contributed by atoms with van der Waals surface area (Å²) in [6, 6.07) is 30.1. The summed E-state index contributed by atoms with van der Waals surface area (Å²) < 4.78 is 3.00. The molecule has 3 rings (SSSR count). The van der Waals surface area contributed by atoms with Crippen LogP contribution >= 0.6 is 0 Å². The van der Waals surface area contributed by atoms with Crippen molar-refractivity contribution in [2.45, 2.75) is 53.6 Å². The van der Waals surface area contributed by atoms with Gasteiger partial charge < -0.3 is 4.23 Å². The lowest BCUT2D eigenvalue weighted by atomic mass is 10.2. The molecule has 3 aromatic carbocycles. The van der Waals surface area contributed by atoms with Gasteiger partial charge >= 0.3 is 0 Å². The maximum absolute atomic E-state index is 3.00. The third-order valence-electron chi connectivity index (χ3n) is 6.52. The molecule has 0 bridgehead atoms. The fourth-order valence-corrected chi connectivity index (χ4v) is 16.0. The Morgan fingerprint density at radius 3 is 1.20 bits per heavy atom. The lowest BCUT2D eigenvalue weighted by molar-refractivity contribution is 0.671. The molecule has 0 fully saturated rings. The minimum absolute atomic E-state index is 0.664. The standard InChI is InChI=1S/C27H36NSi2/c1-7-28(29(8-2)9-3)30(25-19-13-10-16-22(25)4,26-20-14-11-17-23(26)5)27-21-15-12-18-24(27)6/h10-21H,7-9H2,1-6H3. The van der Waals surface area contributed by atoms with Crippen molar-refractivity contribution in [1.82, 2.24) is 4.23 Å². The SMILES string of the molecule is CCN([Si](CC)CC)[Si](c1ccccc1C)(c1ccccc1C)c1ccccc1C. The highest BCUT2D eigenvalue weighted by molar-refractivity contribution is 7.13. The van der Waals surface area contributed by atoms with Crippen LogP contribution in [0.4, 0.5) is 0 Å². The van der Waals surface area contributed by atoms with Gasteiger partial charge in [0.15, 0.2) is 0 Å². The van der Waals surface area contributed by atoms with Crippen molar-refractivity contribution >= 4 is 32.8 Å². The lowest BCUT2D eigenvalue weighted by Gasteiger charge is -2.48. The first kappa shape index (κ1) is 22.7. The molecular formula is C27H36NSi2. The van der Waals surface area contributed by atoms with Gasteiger partial charge in [-0.25, -0.2) is 0 Å². The summed E-state index contributed by atoms with van der Waals surface area (Å²) in [6.45, 7) is 15.2. The molecule has 1 radical (unpaired) electrons. The molecule has 0 saturated heterocycles. The predicted molar refractivity (Wildman–Crippen MR) is 137 cm³/mol. The predicted octanol–water partition coefficient (Wildman–Crippen LogP) is 4.93. The van der Waals surface area contributed by atoms with Gasteiger partial charge in [0.2, 0.25) is 8.24 Å². The molecule has 0 saturated carbocycles. The van der Waals surface area contributed by atoms with Crippen molar-refractivity contribution in [1.29, 1.82) is 0 Å². The summed E-state index contributed by atoms with van der Waals surface area (Å²) in [5.74, 6) is 0. The Labute approximate surface area is 186 Å². The smallest absolute Gasteiger partial charge is 0.219 e. The summed E-state index contributed by atoms with van der Waals surface area (Å²) in [7, 11) is -3.08. The molecule has 0 amide bonds. The average Bonchev–Trinajstić information content (AvgIpc) is 2.76. The van der Waals surface area contributed by atoms with Gasteiger partial charge in [-0.05, 0) is 71.7 Å². The fourth-order valence-electron chi connectivity index (χ4n) is 5.14. The number of aryl methyl sites for hydroxylation is 3. The van der Waals surface area contributed by atoms with Crippen molar-refractivity contribution in [3.05, 3.63) is 89.5 Å². The third-order valence-corrected chi connectivity index (χ3v) is 16.3. The van der Waals surface area contributed by atoms with Gasteiger partial charge in [0.25, 0.3) is 0 Å². The molecule has 3 aromatic rings. The summed E-state index contributed by atoms with van der Waals surface area (Å²) >= 11 is 0. The summed E-state index contributed by atoms with van der Waals surface area (Å²) in [5, 5.41) is 4.67. The molecule has 0 aromatic heterocycles. The monoisotopic (exact) mass is 430 g/mol. The Bertz CT molecular complexity index is 867. The van der Waals surface area contributed by atoms with Crippen molar-refractivity contribution in [2.24, 2.45) is 0 Å². The van der Waals surface area contributed by atoms with Crippen LogP contribution in [0, 0.1) is 20.8 Å². The van der Waals surface area contributed by atoms with E-state index in [0.29, 0.717) is 0 Å². The lowest BCUT2D eigenvalue weighted by Crippen LogP contribution is -2.80. The topological polar surface area (TPSA) is 3.24 Å². The molecule has 0 heterocycles. The summed E-state index contributed by atoms with van der Waals surface area (Å²) in [5.41, 5.74) is 4.26. The third kappa shape index (κ3) is 3.86. The molecule has 0 unspecified atom stereocenters. The fraction of sp³-hybridized carbons (Fsp3) is 0.333. The first-order chi connectivity index (χ1) is 14.5. The largest absolute Gasteiger partial charge is 0.336 e. The molecule has 0 aliphatic rings. The Morgan fingerprint density at radius 2 is 0.933 bits per heavy atom. The highest BCUT2D eigenvalue weighted by atomic mass is 28.4. The number of benzene rings is 3. The van der Waals surface area contributed by atoms with E-state index < -0.39 is 17.2 Å². The van der Waals surface area contributed by atoms with Crippen molar-refractivity contribution < 1.29 is 0 Å². The molecule has 0 N–H and O–H groups in total. The quantitative estimate of drug-likeness (QED) is 0.362. The molecule has 0 aliphatic heterocycles. The highest BCUT2D eigenvalue weighted by Crippen LogP contribution is 2.22. The zero-order chi connectivity index (χ0) is 21.7. The van der Waals surface area contributed by atoms with Crippen LogP contribution in [0.5, 0.6) is 0 Å². The van der Waals surface area contributed by atoms with Crippen LogP contribution in [0.2, 0.25) is 12.1 Å². The first-order valence-electron chi connectivity index (χ1n) is 11.3. The molecule has 30 heavy (non-hydrogen) atoms. The molecule has 1 nitrogen and oxygen atoms in total. The number of hydrogen-bond acceptors (Lipinski definition) is 1. The van der Waals surface area contributed by atoms with Gasteiger partial charge in [0, 0.05) is 0 Å². The minimum Gasteiger partial charge on any atom is -0.336 e. The van der Waals surface area contributed by atoms with Crippen molar-refractivity contribution in [3.63, 3.8) is 0 Å². The molecule has 0 atom stereocenters. The van der Waals surface area contributed by atoms with Crippen molar-refractivity contribution in [2.75, 3.05) is 6.54 Å². The van der Waals surface area contributed by atoms with Gasteiger partial charge in [-0.2, -0.15) is 0 Å². The van der Waals surface area contributed by atoms with Gasteiger partial charge in [-0.3, -0.25) is 0 Å². The van der Waals surface area contributed by atoms with Crippen LogP contribution < -0.4 is 15.6 Å². The second-order valence-corrected chi connectivity index (χ2v) is 15.3. The summed E-state index contributed by atoms with van der Waals surface area (Å²) in [6.07, 6.45) is 0. The summed E-state index contributed by atoms with van der Waals surface area (Å²) in [4.78, 5) is 0. The Hall–Kier alpha value is -1.95. The Kier molecular flexibility index (Phi) is 7.51. The molecule has 3 heteroatoms. The van der Waals surface area contributed by atoms with Gasteiger partial charge in [-0.15, -0.1) is 0 Å². The normalized spacial score (nSPS) is 12.0. The molecule has 157 valence electrons. The second-order valence-electron chi connectivity index (χ2n) is 8.17. The van der Waals surface area contributed by atoms with E-state index in [1.807, 2.05) is 0 Å². The molecule has 0 spiro atoms. The first-order valence-corrected chi connectivity index (χ1v) is 15.1. The highest BCUT2D eigenvalue weighted by Gasteiger charge is 2.49. The maximum Gasteiger partial charge on any atom is 0.219 e. The van der Waals surface area contributed by atoms with Gasteiger partial charge in [0.05, 0.1) is 0 Å². The van der Waals surface area contributed by atoms with Crippen molar-refractivity contribution in [3.8, 4) is 0 Å². The second kappa shape index (κ2) is 9.91. The van der Waals surface area contributed by atoms with E-state index in [1.54, 1.807) is 15.6 Å². The zero-order valence-electron chi connectivity index (χ0n) is 19.5. The van der Waals surface area contributed by atoms with Gasteiger partial charge in [0.1, 0.15) is 8.96 Å². The van der Waals surface area contributed by atoms with Crippen LogP contribution in [0.25, 0.3) is 0 Å². The Balaban J connectivity index is 2.55. The van der Waals surface area contributed by atoms with E-state index in [0.717, 1.165) is 6.54 Å². The van der Waals surface area contributed by atoms with E-state index in [4.69, 9.17) is 0 Å². The van der Waals surface area contributed by atoms with Crippen LogP contribution in [0.1, 0.15) is 37.5 Å². The van der Waals surface area contributed by atoms with E-state index in [9.17, 15) is 0 Å². The van der Waals surface area contributed by atoms with Crippen LogP contribution in [0.15, 0.2) is 72.8 Å². The maximum atomic E-state index is 3.00. The molecule has 0 aliphatic carbocycles. The number of hydrogen-bond donors (Lipinski definition) is 0. The van der Waals surface area contributed by atoms with E-state index >= 15 is 0 Å². The van der Waals surface area contributed by atoms with Crippen LogP contribution in [-0.2, 0) is 0 Å². The Morgan fingerprint density at radius 1 is 0.600 bits per heavy atom. The minimum atomic E-state index is -2.41. The number of rotatable bonds is 8. The average molecular weight is 431 g/mol. The molecular weight excluding hydrogens is 394 g/mol. The van der Waals surface area contributed by atoms with Crippen LogP contribution in [-0.4, -0.2) is 28.0 Å². The zero-order valence-corrected chi connectivity index (χ0v) is 21.5.